The summed E-state index contributed by atoms with van der Waals surface area (Å²) in [5.41, 5.74) is 0.357. The van der Waals surface area contributed by atoms with Gasteiger partial charge in [0.2, 0.25) is 0 Å². The van der Waals surface area contributed by atoms with Crippen molar-refractivity contribution in [1.29, 1.82) is 0 Å². The van der Waals surface area contributed by atoms with Crippen molar-refractivity contribution in [2.45, 2.75) is 63.1 Å². The number of rotatable bonds is 2. The predicted octanol–water partition coefficient (Wildman–Crippen LogP) is 1.43. The Morgan fingerprint density at radius 2 is 2.00 bits per heavy atom. The van der Waals surface area contributed by atoms with Crippen LogP contribution in [0.1, 0.15) is 45.4 Å². The monoisotopic (exact) mass is 169 g/mol. The van der Waals surface area contributed by atoms with Gasteiger partial charge in [-0.15, -0.1) is 0 Å². The molecule has 0 spiro atoms. The fourth-order valence-corrected chi connectivity index (χ4v) is 2.41. The van der Waals surface area contributed by atoms with Crippen molar-refractivity contribution in [3.05, 3.63) is 0 Å². The molecule has 0 aromatic carbocycles. The number of hydrogen-bond donors (Lipinski definition) is 2. The van der Waals surface area contributed by atoms with Gasteiger partial charge in [0.1, 0.15) is 0 Å². The zero-order valence-corrected chi connectivity index (χ0v) is 7.84. The number of nitrogens with one attached hydrogen (secondary N) is 1. The SMILES string of the molecule is CC1(NC2CCCC2O)CCC1. The van der Waals surface area contributed by atoms with Crippen LogP contribution in [-0.4, -0.2) is 22.8 Å². The van der Waals surface area contributed by atoms with E-state index in [0.29, 0.717) is 11.6 Å². The van der Waals surface area contributed by atoms with E-state index in [1.54, 1.807) is 0 Å². The standard InChI is InChI=1S/C10H19NO/c1-10(6-3-7-10)11-8-4-2-5-9(8)12/h8-9,11-12H,2-7H2,1H3. The molecule has 0 amide bonds. The van der Waals surface area contributed by atoms with E-state index in [9.17, 15) is 5.11 Å². The van der Waals surface area contributed by atoms with Crippen molar-refractivity contribution in [3.8, 4) is 0 Å². The van der Waals surface area contributed by atoms with Gasteiger partial charge in [-0.2, -0.15) is 0 Å². The maximum atomic E-state index is 9.61. The molecule has 0 aromatic rings. The van der Waals surface area contributed by atoms with Crippen LogP contribution < -0.4 is 5.32 Å². The van der Waals surface area contributed by atoms with Crippen molar-refractivity contribution in [1.82, 2.24) is 5.32 Å². The average molecular weight is 169 g/mol. The van der Waals surface area contributed by atoms with Gasteiger partial charge in [0.15, 0.2) is 0 Å². The minimum atomic E-state index is -0.0811. The summed E-state index contributed by atoms with van der Waals surface area (Å²) < 4.78 is 0. The molecule has 0 saturated heterocycles. The Balaban J connectivity index is 1.85. The Kier molecular flexibility index (Phi) is 2.13. The molecule has 2 fully saturated rings. The number of aliphatic hydroxyl groups excluding tert-OH is 1. The Bertz CT molecular complexity index is 165. The molecule has 2 nitrogen and oxygen atoms in total. The number of aliphatic hydroxyl groups is 1. The van der Waals surface area contributed by atoms with Crippen LogP contribution in [0, 0.1) is 0 Å². The van der Waals surface area contributed by atoms with Crippen molar-refractivity contribution in [2.24, 2.45) is 0 Å². The fraction of sp³-hybridized carbons (Fsp3) is 1.00. The predicted molar refractivity (Wildman–Crippen MR) is 49.0 cm³/mol. The first kappa shape index (κ1) is 8.52. The zero-order chi connectivity index (χ0) is 8.60. The maximum Gasteiger partial charge on any atom is 0.0693 e. The highest BCUT2D eigenvalue weighted by molar-refractivity contribution is 4.96. The second-order valence-electron chi connectivity index (χ2n) is 4.66. The first-order chi connectivity index (χ1) is 5.70. The zero-order valence-electron chi connectivity index (χ0n) is 7.84. The highest BCUT2D eigenvalue weighted by atomic mass is 16.3. The van der Waals surface area contributed by atoms with Crippen LogP contribution >= 0.6 is 0 Å². The van der Waals surface area contributed by atoms with Crippen LogP contribution in [-0.2, 0) is 0 Å². The van der Waals surface area contributed by atoms with Crippen molar-refractivity contribution in [3.63, 3.8) is 0 Å². The van der Waals surface area contributed by atoms with Gasteiger partial charge in [0.25, 0.3) is 0 Å². The summed E-state index contributed by atoms with van der Waals surface area (Å²) in [5, 5.41) is 13.2. The summed E-state index contributed by atoms with van der Waals surface area (Å²) >= 11 is 0. The van der Waals surface area contributed by atoms with E-state index in [0.717, 1.165) is 12.8 Å². The molecule has 2 atom stereocenters. The van der Waals surface area contributed by atoms with E-state index >= 15 is 0 Å². The third-order valence-corrected chi connectivity index (χ3v) is 3.47. The van der Waals surface area contributed by atoms with Crippen molar-refractivity contribution >= 4 is 0 Å². The van der Waals surface area contributed by atoms with Gasteiger partial charge in [-0.1, -0.05) is 0 Å². The molecule has 2 heteroatoms. The van der Waals surface area contributed by atoms with E-state index in [-0.39, 0.29) is 6.10 Å². The molecule has 70 valence electrons. The summed E-state index contributed by atoms with van der Waals surface area (Å²) in [7, 11) is 0. The van der Waals surface area contributed by atoms with Crippen LogP contribution in [0.25, 0.3) is 0 Å². The molecule has 0 aromatic heterocycles. The summed E-state index contributed by atoms with van der Waals surface area (Å²) in [6.07, 6.45) is 7.19. The highest BCUT2D eigenvalue weighted by Gasteiger charge is 2.36. The van der Waals surface area contributed by atoms with Gasteiger partial charge in [0, 0.05) is 11.6 Å². The Morgan fingerprint density at radius 1 is 1.25 bits per heavy atom. The van der Waals surface area contributed by atoms with Gasteiger partial charge in [0.05, 0.1) is 6.10 Å². The van der Waals surface area contributed by atoms with Crippen LogP contribution in [0.5, 0.6) is 0 Å². The molecule has 0 bridgehead atoms. The van der Waals surface area contributed by atoms with E-state index in [1.807, 2.05) is 0 Å². The molecule has 2 aliphatic rings. The molecule has 0 radical (unpaired) electrons. The second kappa shape index (κ2) is 3.00. The molecule has 2 N–H and O–H groups in total. The van der Waals surface area contributed by atoms with Gasteiger partial charge < -0.3 is 10.4 Å². The minimum absolute atomic E-state index is 0.0811. The Labute approximate surface area is 74.4 Å². The van der Waals surface area contributed by atoms with Crippen molar-refractivity contribution < 1.29 is 5.11 Å². The van der Waals surface area contributed by atoms with Gasteiger partial charge >= 0.3 is 0 Å². The molecule has 2 saturated carbocycles. The largest absolute Gasteiger partial charge is 0.392 e. The smallest absolute Gasteiger partial charge is 0.0693 e. The molecule has 2 unspecified atom stereocenters. The van der Waals surface area contributed by atoms with E-state index in [1.165, 1.54) is 25.7 Å². The van der Waals surface area contributed by atoms with Crippen LogP contribution in [0.4, 0.5) is 0 Å². The lowest BCUT2D eigenvalue weighted by Crippen LogP contribution is -2.54. The van der Waals surface area contributed by atoms with E-state index < -0.39 is 0 Å². The highest BCUT2D eigenvalue weighted by Crippen LogP contribution is 2.33. The van der Waals surface area contributed by atoms with Crippen LogP contribution in [0.2, 0.25) is 0 Å². The third-order valence-electron chi connectivity index (χ3n) is 3.47. The minimum Gasteiger partial charge on any atom is -0.392 e. The topological polar surface area (TPSA) is 32.3 Å². The molecule has 2 aliphatic carbocycles. The lowest BCUT2D eigenvalue weighted by molar-refractivity contribution is 0.103. The third kappa shape index (κ3) is 1.50. The van der Waals surface area contributed by atoms with E-state index in [4.69, 9.17) is 0 Å². The first-order valence-electron chi connectivity index (χ1n) is 5.15. The molecule has 12 heavy (non-hydrogen) atoms. The Hall–Kier alpha value is -0.0800. The second-order valence-corrected chi connectivity index (χ2v) is 4.66. The molecular weight excluding hydrogens is 150 g/mol. The molecule has 2 rings (SSSR count). The maximum absolute atomic E-state index is 9.61. The summed E-state index contributed by atoms with van der Waals surface area (Å²) in [4.78, 5) is 0. The molecular formula is C10H19NO. The van der Waals surface area contributed by atoms with E-state index in [2.05, 4.69) is 12.2 Å². The van der Waals surface area contributed by atoms with Gasteiger partial charge in [-0.25, -0.2) is 0 Å². The van der Waals surface area contributed by atoms with Gasteiger partial charge in [-0.05, 0) is 45.4 Å². The average Bonchev–Trinajstić information content (AvgIpc) is 2.34. The fourth-order valence-electron chi connectivity index (χ4n) is 2.41. The summed E-state index contributed by atoms with van der Waals surface area (Å²) in [6, 6.07) is 0.385. The molecule has 0 heterocycles. The number of hydrogen-bond acceptors (Lipinski definition) is 2. The van der Waals surface area contributed by atoms with Gasteiger partial charge in [-0.3, -0.25) is 0 Å². The molecule has 0 aliphatic heterocycles. The summed E-state index contributed by atoms with van der Waals surface area (Å²) in [5.74, 6) is 0. The lowest BCUT2D eigenvalue weighted by Gasteiger charge is -2.42. The Morgan fingerprint density at radius 3 is 2.42 bits per heavy atom. The van der Waals surface area contributed by atoms with Crippen LogP contribution in [0.3, 0.4) is 0 Å². The summed E-state index contributed by atoms with van der Waals surface area (Å²) in [6.45, 7) is 2.28. The van der Waals surface area contributed by atoms with Crippen molar-refractivity contribution in [2.75, 3.05) is 0 Å². The lowest BCUT2D eigenvalue weighted by atomic mass is 9.78. The normalized spacial score (nSPS) is 39.5. The quantitative estimate of drug-likeness (QED) is 0.655. The first-order valence-corrected chi connectivity index (χ1v) is 5.15. The van der Waals surface area contributed by atoms with Crippen LogP contribution in [0.15, 0.2) is 0 Å².